The van der Waals surface area contributed by atoms with Gasteiger partial charge in [-0.25, -0.2) is 0 Å². The molecule has 0 spiro atoms. The predicted octanol–water partition coefficient (Wildman–Crippen LogP) is 5.84. The zero-order valence-electron chi connectivity index (χ0n) is 17.4. The molecule has 3 aromatic heterocycles. The summed E-state index contributed by atoms with van der Waals surface area (Å²) in [5.41, 5.74) is 3.07. The van der Waals surface area contributed by atoms with E-state index in [1.165, 1.54) is 11.8 Å². The third kappa shape index (κ3) is 4.08. The Labute approximate surface area is 199 Å². The summed E-state index contributed by atoms with van der Waals surface area (Å²) < 4.78 is 1.92. The highest BCUT2D eigenvalue weighted by molar-refractivity contribution is 7.99. The number of nitrogens with zero attached hydrogens (tertiary/aromatic N) is 4. The second-order valence-electron chi connectivity index (χ2n) is 7.26. The van der Waals surface area contributed by atoms with Gasteiger partial charge in [0.05, 0.1) is 4.90 Å². The lowest BCUT2D eigenvalue weighted by Gasteiger charge is -2.13. The third-order valence-electron chi connectivity index (χ3n) is 5.14. The van der Waals surface area contributed by atoms with Gasteiger partial charge in [-0.3, -0.25) is 14.3 Å². The van der Waals surface area contributed by atoms with Gasteiger partial charge in [-0.2, -0.15) is 0 Å². The van der Waals surface area contributed by atoms with Crippen LogP contribution in [0.3, 0.4) is 0 Å². The lowest BCUT2D eigenvalue weighted by Crippen LogP contribution is -2.11. The molecule has 0 unspecified atom stereocenters. The first-order valence-corrected chi connectivity index (χ1v) is 11.4. The van der Waals surface area contributed by atoms with Crippen molar-refractivity contribution in [3.63, 3.8) is 0 Å². The highest BCUT2D eigenvalue weighted by atomic mass is 35.5. The van der Waals surface area contributed by atoms with Gasteiger partial charge in [0, 0.05) is 46.0 Å². The fraction of sp³-hybridized carbons (Fsp3) is 0.0400. The van der Waals surface area contributed by atoms with Gasteiger partial charge in [-0.1, -0.05) is 48.0 Å². The molecule has 0 aliphatic rings. The lowest BCUT2D eigenvalue weighted by molar-refractivity contribution is 0.731. The number of aromatic nitrogens is 5. The molecule has 0 aliphatic carbocycles. The Balaban J connectivity index is 1.72. The molecule has 5 aromatic rings. The molecule has 0 atom stereocenters. The fourth-order valence-electron chi connectivity index (χ4n) is 3.69. The van der Waals surface area contributed by atoms with Crippen LogP contribution in [0, 0.1) is 0 Å². The van der Waals surface area contributed by atoms with Crippen LogP contribution < -0.4 is 5.56 Å². The van der Waals surface area contributed by atoms with Crippen LogP contribution in [-0.2, 0) is 6.54 Å². The van der Waals surface area contributed by atoms with Gasteiger partial charge in [0.25, 0.3) is 5.56 Å². The molecular weight excluding hydrogens is 454 g/mol. The van der Waals surface area contributed by atoms with Crippen molar-refractivity contribution in [3.05, 3.63) is 101 Å². The Kier molecular flexibility index (Phi) is 5.81. The van der Waals surface area contributed by atoms with Crippen molar-refractivity contribution >= 4 is 34.3 Å². The number of hydrogen-bond acceptors (Lipinski definition) is 5. The maximum Gasteiger partial charge on any atom is 0.263 e. The second-order valence-corrected chi connectivity index (χ2v) is 8.68. The third-order valence-corrected chi connectivity index (χ3v) is 6.45. The van der Waals surface area contributed by atoms with E-state index in [1.807, 2.05) is 59.2 Å². The molecule has 0 radical (unpaired) electrons. The quantitative estimate of drug-likeness (QED) is 0.315. The van der Waals surface area contributed by atoms with Crippen LogP contribution in [-0.4, -0.2) is 24.7 Å². The van der Waals surface area contributed by atoms with E-state index >= 15 is 0 Å². The Morgan fingerprint density at radius 2 is 1.88 bits per heavy atom. The van der Waals surface area contributed by atoms with Crippen LogP contribution >= 0.6 is 23.4 Å². The van der Waals surface area contributed by atoms with Crippen LogP contribution in [0.5, 0.6) is 0 Å². The van der Waals surface area contributed by atoms with Crippen LogP contribution in [0.4, 0.5) is 0 Å². The Bertz CT molecular complexity index is 1510. The summed E-state index contributed by atoms with van der Waals surface area (Å²) >= 11 is 7.60. The SMILES string of the molecule is C=CCn1c(Sc2c(-c3ccccc3)c3cc(Cl)ccc3[nH]c2=O)nnc1-c1cccnc1. The summed E-state index contributed by atoms with van der Waals surface area (Å²) in [4.78, 5) is 21.0. The van der Waals surface area contributed by atoms with Crippen LogP contribution in [0.15, 0.2) is 101 Å². The van der Waals surface area contributed by atoms with Gasteiger partial charge in [-0.05, 0) is 47.7 Å². The highest BCUT2D eigenvalue weighted by Gasteiger charge is 2.21. The smallest absolute Gasteiger partial charge is 0.263 e. The normalized spacial score (nSPS) is 11.1. The Hall–Kier alpha value is -3.68. The van der Waals surface area contributed by atoms with Crippen molar-refractivity contribution in [2.75, 3.05) is 0 Å². The molecule has 5 rings (SSSR count). The summed E-state index contributed by atoms with van der Waals surface area (Å²) in [5, 5.41) is 10.8. The van der Waals surface area contributed by atoms with E-state index in [0.29, 0.717) is 27.4 Å². The van der Waals surface area contributed by atoms with E-state index in [1.54, 1.807) is 24.5 Å². The minimum absolute atomic E-state index is 0.204. The van der Waals surface area contributed by atoms with Gasteiger partial charge < -0.3 is 4.98 Å². The lowest BCUT2D eigenvalue weighted by atomic mass is 10.0. The van der Waals surface area contributed by atoms with E-state index in [2.05, 4.69) is 26.7 Å². The molecule has 1 N–H and O–H groups in total. The largest absolute Gasteiger partial charge is 0.321 e. The molecule has 8 heteroatoms. The number of allylic oxidation sites excluding steroid dienone is 1. The Morgan fingerprint density at radius 1 is 1.06 bits per heavy atom. The number of halogens is 1. The molecule has 0 bridgehead atoms. The number of fused-ring (bicyclic) bond motifs is 1. The maximum absolute atomic E-state index is 13.3. The standard InChI is InChI=1S/C25H18ClN5OS/c1-2-13-31-23(17-9-6-12-27-15-17)29-30-25(31)33-22-21(16-7-4-3-5-8-16)19-14-18(26)10-11-20(19)28-24(22)32/h2-12,14-15H,1,13H2,(H,28,32). The monoisotopic (exact) mass is 471 g/mol. The molecule has 0 amide bonds. The summed E-state index contributed by atoms with van der Waals surface area (Å²) in [6.07, 6.45) is 5.22. The number of aromatic amines is 1. The summed E-state index contributed by atoms with van der Waals surface area (Å²) in [6.45, 7) is 4.35. The van der Waals surface area contributed by atoms with E-state index in [0.717, 1.165) is 27.6 Å². The first-order chi connectivity index (χ1) is 16.2. The number of rotatable bonds is 6. The molecular formula is C25H18ClN5OS. The van der Waals surface area contributed by atoms with Crippen molar-refractivity contribution in [1.29, 1.82) is 0 Å². The zero-order chi connectivity index (χ0) is 22.8. The zero-order valence-corrected chi connectivity index (χ0v) is 19.0. The molecule has 6 nitrogen and oxygen atoms in total. The van der Waals surface area contributed by atoms with Gasteiger partial charge >= 0.3 is 0 Å². The number of pyridine rings is 2. The average Bonchev–Trinajstić information content (AvgIpc) is 3.23. The van der Waals surface area contributed by atoms with Gasteiger partial charge in [0.15, 0.2) is 11.0 Å². The summed E-state index contributed by atoms with van der Waals surface area (Å²) in [6, 6.07) is 19.0. The van der Waals surface area contributed by atoms with E-state index in [9.17, 15) is 4.79 Å². The average molecular weight is 472 g/mol. The Morgan fingerprint density at radius 3 is 2.64 bits per heavy atom. The molecule has 0 fully saturated rings. The van der Waals surface area contributed by atoms with Crippen molar-refractivity contribution in [3.8, 4) is 22.5 Å². The number of benzene rings is 2. The molecule has 0 saturated heterocycles. The minimum Gasteiger partial charge on any atom is -0.321 e. The van der Waals surface area contributed by atoms with Crippen LogP contribution in [0.2, 0.25) is 5.02 Å². The van der Waals surface area contributed by atoms with Crippen LogP contribution in [0.25, 0.3) is 33.4 Å². The van der Waals surface area contributed by atoms with Gasteiger partial charge in [0.1, 0.15) is 0 Å². The molecule has 162 valence electrons. The molecule has 0 saturated carbocycles. The predicted molar refractivity (Wildman–Crippen MR) is 133 cm³/mol. The summed E-state index contributed by atoms with van der Waals surface area (Å²) in [5.74, 6) is 0.659. The second kappa shape index (κ2) is 9.05. The van der Waals surface area contributed by atoms with E-state index in [4.69, 9.17) is 11.6 Å². The maximum atomic E-state index is 13.3. The van der Waals surface area contributed by atoms with Crippen molar-refractivity contribution in [2.24, 2.45) is 0 Å². The van der Waals surface area contributed by atoms with Crippen molar-refractivity contribution < 1.29 is 0 Å². The van der Waals surface area contributed by atoms with Crippen molar-refractivity contribution in [1.82, 2.24) is 24.7 Å². The number of H-pyrrole nitrogens is 1. The molecule has 3 heterocycles. The van der Waals surface area contributed by atoms with Crippen LogP contribution in [0.1, 0.15) is 0 Å². The van der Waals surface area contributed by atoms with Crippen molar-refractivity contribution in [2.45, 2.75) is 16.6 Å². The minimum atomic E-state index is -0.204. The first-order valence-electron chi connectivity index (χ1n) is 10.2. The molecule has 0 aliphatic heterocycles. The number of nitrogens with one attached hydrogen (secondary N) is 1. The first kappa shape index (κ1) is 21.2. The fourth-order valence-corrected chi connectivity index (χ4v) is 4.87. The summed E-state index contributed by atoms with van der Waals surface area (Å²) in [7, 11) is 0. The highest BCUT2D eigenvalue weighted by Crippen LogP contribution is 2.38. The molecule has 2 aromatic carbocycles. The van der Waals surface area contributed by atoms with E-state index in [-0.39, 0.29) is 5.56 Å². The topological polar surface area (TPSA) is 76.5 Å². The number of hydrogen-bond donors (Lipinski definition) is 1. The molecule has 33 heavy (non-hydrogen) atoms. The van der Waals surface area contributed by atoms with Gasteiger partial charge in [0.2, 0.25) is 0 Å². The van der Waals surface area contributed by atoms with E-state index < -0.39 is 0 Å². The van der Waals surface area contributed by atoms with Gasteiger partial charge in [-0.15, -0.1) is 16.8 Å².